The van der Waals surface area contributed by atoms with Gasteiger partial charge in [-0.1, -0.05) is 30.4 Å². The molecule has 106 valence electrons. The number of hydrogen-bond donors (Lipinski definition) is 2. The SMILES string of the molecule is Cn1nccc1NS(=O)(=O)Cc1cccc(C(N)=S)c1. The number of rotatable bonds is 5. The molecule has 0 atom stereocenters. The van der Waals surface area contributed by atoms with Gasteiger partial charge in [-0.15, -0.1) is 0 Å². The average molecular weight is 310 g/mol. The third-order valence-electron chi connectivity index (χ3n) is 2.65. The van der Waals surface area contributed by atoms with Crippen molar-refractivity contribution >= 4 is 33.0 Å². The van der Waals surface area contributed by atoms with Crippen LogP contribution in [0, 0.1) is 0 Å². The molecule has 0 radical (unpaired) electrons. The minimum absolute atomic E-state index is 0.158. The standard InChI is InChI=1S/C12H14N4O2S2/c1-16-11(5-6-14-16)15-20(17,18)8-9-3-2-4-10(7-9)12(13)19/h2-7,15H,8H2,1H3,(H2,13,19). The molecular formula is C12H14N4O2S2. The number of aryl methyl sites for hydroxylation is 1. The second kappa shape index (κ2) is 5.59. The highest BCUT2D eigenvalue weighted by atomic mass is 32.2. The topological polar surface area (TPSA) is 90.0 Å². The fraction of sp³-hybridized carbons (Fsp3) is 0.167. The van der Waals surface area contributed by atoms with Gasteiger partial charge in [-0.25, -0.2) is 8.42 Å². The van der Waals surface area contributed by atoms with Crippen molar-refractivity contribution in [2.24, 2.45) is 12.8 Å². The lowest BCUT2D eigenvalue weighted by Gasteiger charge is -2.09. The summed E-state index contributed by atoms with van der Waals surface area (Å²) in [7, 11) is -1.86. The number of thiocarbonyl (C=S) groups is 1. The van der Waals surface area contributed by atoms with Gasteiger partial charge in [-0.2, -0.15) is 5.10 Å². The summed E-state index contributed by atoms with van der Waals surface area (Å²) in [5.41, 5.74) is 6.79. The highest BCUT2D eigenvalue weighted by Gasteiger charge is 2.14. The van der Waals surface area contributed by atoms with Crippen LogP contribution in [0.1, 0.15) is 11.1 Å². The highest BCUT2D eigenvalue weighted by Crippen LogP contribution is 2.13. The predicted molar refractivity (Wildman–Crippen MR) is 81.8 cm³/mol. The molecule has 20 heavy (non-hydrogen) atoms. The van der Waals surface area contributed by atoms with Crippen molar-refractivity contribution in [3.05, 3.63) is 47.7 Å². The van der Waals surface area contributed by atoms with Crippen LogP contribution >= 0.6 is 12.2 Å². The van der Waals surface area contributed by atoms with E-state index in [4.69, 9.17) is 18.0 Å². The zero-order valence-corrected chi connectivity index (χ0v) is 12.4. The van der Waals surface area contributed by atoms with E-state index in [1.54, 1.807) is 37.4 Å². The predicted octanol–water partition coefficient (Wildman–Crippen LogP) is 0.996. The van der Waals surface area contributed by atoms with Crippen molar-refractivity contribution < 1.29 is 8.42 Å². The van der Waals surface area contributed by atoms with Gasteiger partial charge in [0.25, 0.3) is 0 Å². The van der Waals surface area contributed by atoms with Gasteiger partial charge < -0.3 is 5.73 Å². The van der Waals surface area contributed by atoms with Gasteiger partial charge >= 0.3 is 0 Å². The molecule has 2 rings (SSSR count). The molecule has 0 spiro atoms. The molecule has 1 aromatic heterocycles. The molecule has 2 aromatic rings. The van der Waals surface area contributed by atoms with E-state index in [9.17, 15) is 8.42 Å². The Bertz CT molecular complexity index is 737. The van der Waals surface area contributed by atoms with Gasteiger partial charge in [0.2, 0.25) is 10.0 Å². The Morgan fingerprint density at radius 1 is 1.45 bits per heavy atom. The molecule has 0 aliphatic carbocycles. The maximum Gasteiger partial charge on any atom is 0.238 e. The second-order valence-corrected chi connectivity index (χ2v) is 6.43. The first-order valence-corrected chi connectivity index (χ1v) is 7.81. The Morgan fingerprint density at radius 2 is 2.20 bits per heavy atom. The van der Waals surface area contributed by atoms with E-state index >= 15 is 0 Å². The van der Waals surface area contributed by atoms with Crippen LogP contribution in [0.5, 0.6) is 0 Å². The Hall–Kier alpha value is -1.93. The summed E-state index contributed by atoms with van der Waals surface area (Å²) in [6.45, 7) is 0. The van der Waals surface area contributed by atoms with Crippen molar-refractivity contribution in [1.29, 1.82) is 0 Å². The molecule has 1 aromatic carbocycles. The Morgan fingerprint density at radius 3 is 2.80 bits per heavy atom. The maximum absolute atomic E-state index is 12.1. The molecule has 0 aliphatic rings. The first-order chi connectivity index (χ1) is 9.37. The van der Waals surface area contributed by atoms with E-state index in [2.05, 4.69) is 9.82 Å². The summed E-state index contributed by atoms with van der Waals surface area (Å²) in [6, 6.07) is 8.44. The van der Waals surface area contributed by atoms with E-state index in [0.29, 0.717) is 16.9 Å². The lowest BCUT2D eigenvalue weighted by atomic mass is 10.1. The number of benzene rings is 1. The molecule has 0 unspecified atom stereocenters. The van der Waals surface area contributed by atoms with E-state index in [1.807, 2.05) is 0 Å². The molecule has 0 saturated carbocycles. The van der Waals surface area contributed by atoms with Gasteiger partial charge in [0.05, 0.1) is 11.9 Å². The second-order valence-electron chi connectivity index (χ2n) is 4.27. The summed E-state index contributed by atoms with van der Waals surface area (Å²) in [5.74, 6) is 0.254. The number of nitrogens with one attached hydrogen (secondary N) is 1. The van der Waals surface area contributed by atoms with E-state index in [-0.39, 0.29) is 10.7 Å². The number of sulfonamides is 1. The van der Waals surface area contributed by atoms with Crippen LogP contribution in [-0.4, -0.2) is 23.2 Å². The van der Waals surface area contributed by atoms with Crippen LogP contribution in [-0.2, 0) is 22.8 Å². The molecule has 8 heteroatoms. The maximum atomic E-state index is 12.1. The molecule has 1 heterocycles. The monoisotopic (exact) mass is 310 g/mol. The molecule has 6 nitrogen and oxygen atoms in total. The molecule has 0 aliphatic heterocycles. The quantitative estimate of drug-likeness (QED) is 0.804. The lowest BCUT2D eigenvalue weighted by molar-refractivity contribution is 0.599. The fourth-order valence-corrected chi connectivity index (χ4v) is 3.04. The van der Waals surface area contributed by atoms with Crippen LogP contribution in [0.2, 0.25) is 0 Å². The Balaban J connectivity index is 2.18. The summed E-state index contributed by atoms with van der Waals surface area (Å²) in [4.78, 5) is 0.240. The van der Waals surface area contributed by atoms with Gasteiger partial charge in [0, 0.05) is 18.7 Å². The summed E-state index contributed by atoms with van der Waals surface area (Å²) < 4.78 is 28.1. The number of hydrogen-bond acceptors (Lipinski definition) is 4. The summed E-state index contributed by atoms with van der Waals surface area (Å²) in [5, 5.41) is 3.90. The van der Waals surface area contributed by atoms with Crippen LogP contribution in [0.25, 0.3) is 0 Å². The van der Waals surface area contributed by atoms with Crippen molar-refractivity contribution in [3.63, 3.8) is 0 Å². The largest absolute Gasteiger partial charge is 0.389 e. The van der Waals surface area contributed by atoms with Crippen molar-refractivity contribution in [2.75, 3.05) is 4.72 Å². The molecule has 0 saturated heterocycles. The minimum Gasteiger partial charge on any atom is -0.389 e. The van der Waals surface area contributed by atoms with Crippen molar-refractivity contribution in [2.45, 2.75) is 5.75 Å². The minimum atomic E-state index is -3.52. The van der Waals surface area contributed by atoms with Gasteiger partial charge in [-0.3, -0.25) is 9.40 Å². The van der Waals surface area contributed by atoms with E-state index < -0.39 is 10.0 Å². The zero-order valence-electron chi connectivity index (χ0n) is 10.8. The number of nitrogens with zero attached hydrogens (tertiary/aromatic N) is 2. The molecule has 0 amide bonds. The highest BCUT2D eigenvalue weighted by molar-refractivity contribution is 7.91. The third-order valence-corrected chi connectivity index (χ3v) is 4.12. The van der Waals surface area contributed by atoms with Crippen molar-refractivity contribution in [1.82, 2.24) is 9.78 Å². The number of nitrogens with two attached hydrogens (primary N) is 1. The van der Waals surface area contributed by atoms with Crippen molar-refractivity contribution in [3.8, 4) is 0 Å². The summed E-state index contributed by atoms with van der Waals surface area (Å²) in [6.07, 6.45) is 1.52. The average Bonchev–Trinajstić information content (AvgIpc) is 2.74. The lowest BCUT2D eigenvalue weighted by Crippen LogP contribution is -2.17. The Labute approximate surface area is 122 Å². The summed E-state index contributed by atoms with van der Waals surface area (Å²) >= 11 is 4.87. The molecular weight excluding hydrogens is 296 g/mol. The molecule has 0 bridgehead atoms. The first kappa shape index (κ1) is 14.5. The van der Waals surface area contributed by atoms with Crippen LogP contribution in [0.4, 0.5) is 5.82 Å². The Kier molecular flexibility index (Phi) is 4.05. The van der Waals surface area contributed by atoms with Gasteiger partial charge in [0.1, 0.15) is 10.8 Å². The van der Waals surface area contributed by atoms with Gasteiger partial charge in [0.15, 0.2) is 0 Å². The number of anilines is 1. The number of aromatic nitrogens is 2. The zero-order chi connectivity index (χ0) is 14.8. The smallest absolute Gasteiger partial charge is 0.238 e. The van der Waals surface area contributed by atoms with Crippen LogP contribution in [0.3, 0.4) is 0 Å². The molecule has 0 fully saturated rings. The third kappa shape index (κ3) is 3.55. The normalized spacial score (nSPS) is 11.2. The van der Waals surface area contributed by atoms with Gasteiger partial charge in [-0.05, 0) is 11.6 Å². The van der Waals surface area contributed by atoms with Crippen LogP contribution < -0.4 is 10.5 Å². The van der Waals surface area contributed by atoms with Crippen LogP contribution in [0.15, 0.2) is 36.5 Å². The van der Waals surface area contributed by atoms with E-state index in [1.165, 1.54) is 10.9 Å². The van der Waals surface area contributed by atoms with E-state index in [0.717, 1.165) is 0 Å². The molecule has 3 N–H and O–H groups in total. The first-order valence-electron chi connectivity index (χ1n) is 5.74. The fourth-order valence-electron chi connectivity index (χ4n) is 1.70.